The van der Waals surface area contributed by atoms with Gasteiger partial charge in [0.1, 0.15) is 6.54 Å². The second-order valence-corrected chi connectivity index (χ2v) is 5.28. The summed E-state index contributed by atoms with van der Waals surface area (Å²) in [4.78, 5) is 26.4. The summed E-state index contributed by atoms with van der Waals surface area (Å²) in [5, 5.41) is 21.5. The lowest BCUT2D eigenvalue weighted by atomic mass is 10.2. The molecule has 126 valence electrons. The highest BCUT2D eigenvalue weighted by Crippen LogP contribution is 2.28. The molecule has 0 radical (unpaired) electrons. The van der Waals surface area contributed by atoms with Gasteiger partial charge in [-0.25, -0.2) is 4.98 Å². The first-order valence-corrected chi connectivity index (χ1v) is 7.48. The van der Waals surface area contributed by atoms with E-state index in [-0.39, 0.29) is 11.4 Å². The first kappa shape index (κ1) is 16.3. The molecule has 0 bridgehead atoms. The van der Waals surface area contributed by atoms with Crippen LogP contribution in [-0.2, 0) is 4.79 Å². The number of amides is 1. The number of carbonyl (C=O) groups excluding carboxylic acids is 1. The Labute approximate surface area is 142 Å². The molecule has 0 saturated heterocycles. The average Bonchev–Trinajstić information content (AvgIpc) is 3.03. The van der Waals surface area contributed by atoms with Gasteiger partial charge in [0.2, 0.25) is 0 Å². The van der Waals surface area contributed by atoms with Crippen LogP contribution < -0.4 is 5.32 Å². The number of hydrogen-bond acceptors (Lipinski definition) is 4. The van der Waals surface area contributed by atoms with Crippen LogP contribution in [0.3, 0.4) is 0 Å². The summed E-state index contributed by atoms with van der Waals surface area (Å²) >= 11 is 0. The second-order valence-electron chi connectivity index (χ2n) is 5.28. The van der Waals surface area contributed by atoms with Crippen LogP contribution in [0.25, 0.3) is 23.2 Å². The number of nitrogens with one attached hydrogen (secondary N) is 1. The normalized spacial score (nSPS) is 11.0. The van der Waals surface area contributed by atoms with Gasteiger partial charge in [-0.2, -0.15) is 0 Å². The van der Waals surface area contributed by atoms with Gasteiger partial charge in [0.15, 0.2) is 11.4 Å². The highest BCUT2D eigenvalue weighted by molar-refractivity contribution is 6.02. The van der Waals surface area contributed by atoms with E-state index in [0.717, 1.165) is 5.56 Å². The molecule has 0 unspecified atom stereocenters. The van der Waals surface area contributed by atoms with Crippen molar-refractivity contribution in [2.45, 2.75) is 0 Å². The number of hydrogen-bond donors (Lipinski definition) is 3. The van der Waals surface area contributed by atoms with Gasteiger partial charge >= 0.3 is 5.97 Å². The van der Waals surface area contributed by atoms with E-state index in [9.17, 15) is 14.7 Å². The number of aromatic nitrogens is 2. The highest BCUT2D eigenvalue weighted by Gasteiger charge is 2.17. The molecule has 1 amide bonds. The van der Waals surface area contributed by atoms with Crippen LogP contribution in [0.2, 0.25) is 0 Å². The van der Waals surface area contributed by atoms with E-state index in [0.29, 0.717) is 10.9 Å². The first-order chi connectivity index (χ1) is 12.1. The number of nitrogens with zero attached hydrogens (tertiary/aromatic N) is 2. The predicted octanol–water partition coefficient (Wildman–Crippen LogP) is 2.18. The molecule has 0 spiro atoms. The van der Waals surface area contributed by atoms with E-state index in [1.165, 1.54) is 6.20 Å². The molecule has 0 aliphatic heterocycles. The fraction of sp³-hybridized carbons (Fsp3) is 0.0556. The van der Waals surface area contributed by atoms with E-state index in [4.69, 9.17) is 5.11 Å². The molecular formula is C18H15N3O4. The summed E-state index contributed by atoms with van der Waals surface area (Å²) < 4.78 is 1.77. The predicted molar refractivity (Wildman–Crippen MR) is 93.0 cm³/mol. The Morgan fingerprint density at radius 1 is 1.20 bits per heavy atom. The molecule has 3 aromatic rings. The van der Waals surface area contributed by atoms with E-state index in [2.05, 4.69) is 10.3 Å². The fourth-order valence-corrected chi connectivity index (χ4v) is 2.38. The molecule has 0 fully saturated rings. The van der Waals surface area contributed by atoms with Crippen molar-refractivity contribution in [3.8, 4) is 5.75 Å². The van der Waals surface area contributed by atoms with Crippen LogP contribution in [-0.4, -0.2) is 38.2 Å². The number of carboxylic acid groups (broad SMARTS) is 1. The Kier molecular flexibility index (Phi) is 4.47. The van der Waals surface area contributed by atoms with Gasteiger partial charge in [0.05, 0.1) is 11.7 Å². The van der Waals surface area contributed by atoms with Crippen LogP contribution in [0, 0.1) is 0 Å². The molecule has 0 atom stereocenters. The lowest BCUT2D eigenvalue weighted by Gasteiger charge is -2.06. The van der Waals surface area contributed by atoms with Crippen LogP contribution in [0.1, 0.15) is 16.1 Å². The average molecular weight is 337 g/mol. The molecule has 7 heteroatoms. The number of fused-ring (bicyclic) bond motifs is 1. The standard InChI is InChI=1S/C18H15N3O4/c22-15(23)11-20-18(25)16-17(24)13-7-9-21(14(13)10-19-16)8-6-12-4-2-1-3-5-12/h1-10,24H,11H2,(H,20,25)(H,22,23). The monoisotopic (exact) mass is 337 g/mol. The van der Waals surface area contributed by atoms with Crippen molar-refractivity contribution >= 4 is 35.1 Å². The van der Waals surface area contributed by atoms with Crippen molar-refractivity contribution in [2.75, 3.05) is 6.54 Å². The van der Waals surface area contributed by atoms with E-state index >= 15 is 0 Å². The third kappa shape index (κ3) is 3.50. The number of pyridine rings is 1. The Hall–Kier alpha value is -3.61. The molecule has 2 heterocycles. The zero-order chi connectivity index (χ0) is 17.8. The second kappa shape index (κ2) is 6.88. The SMILES string of the molecule is O=C(O)CNC(=O)c1ncc2c(ccn2C=Cc2ccccc2)c1O. The topological polar surface area (TPSA) is 104 Å². The lowest BCUT2D eigenvalue weighted by molar-refractivity contribution is -0.135. The van der Waals surface area contributed by atoms with Crippen LogP contribution >= 0.6 is 0 Å². The van der Waals surface area contributed by atoms with Gasteiger partial charge in [0, 0.05) is 17.8 Å². The molecule has 0 saturated carbocycles. The molecule has 2 aromatic heterocycles. The molecule has 3 rings (SSSR count). The van der Waals surface area contributed by atoms with Crippen molar-refractivity contribution in [1.82, 2.24) is 14.9 Å². The van der Waals surface area contributed by atoms with Crippen LogP contribution in [0.15, 0.2) is 48.8 Å². The zero-order valence-electron chi connectivity index (χ0n) is 13.1. The van der Waals surface area contributed by atoms with Gasteiger partial charge in [-0.1, -0.05) is 30.3 Å². The minimum Gasteiger partial charge on any atom is -0.505 e. The summed E-state index contributed by atoms with van der Waals surface area (Å²) in [5.74, 6) is -2.20. The molecule has 7 nitrogen and oxygen atoms in total. The largest absolute Gasteiger partial charge is 0.505 e. The number of carboxylic acids is 1. The number of carbonyl (C=O) groups is 2. The van der Waals surface area contributed by atoms with Gasteiger partial charge < -0.3 is 20.1 Å². The smallest absolute Gasteiger partial charge is 0.322 e. The van der Waals surface area contributed by atoms with Gasteiger partial charge in [-0.05, 0) is 17.7 Å². The fourth-order valence-electron chi connectivity index (χ4n) is 2.38. The lowest BCUT2D eigenvalue weighted by Crippen LogP contribution is -2.29. The number of benzene rings is 1. The molecule has 0 aliphatic rings. The van der Waals surface area contributed by atoms with Crippen molar-refractivity contribution in [2.24, 2.45) is 0 Å². The van der Waals surface area contributed by atoms with Crippen molar-refractivity contribution in [1.29, 1.82) is 0 Å². The minimum atomic E-state index is -1.17. The quantitative estimate of drug-likeness (QED) is 0.662. The maximum atomic E-state index is 11.9. The van der Waals surface area contributed by atoms with Gasteiger partial charge in [-0.3, -0.25) is 9.59 Å². The van der Waals surface area contributed by atoms with Crippen molar-refractivity contribution in [3.05, 3.63) is 60.0 Å². The van der Waals surface area contributed by atoms with Gasteiger partial charge in [-0.15, -0.1) is 0 Å². The number of rotatable bonds is 5. The van der Waals surface area contributed by atoms with Gasteiger partial charge in [0.25, 0.3) is 5.91 Å². The first-order valence-electron chi connectivity index (χ1n) is 7.48. The number of aliphatic carboxylic acids is 1. The highest BCUT2D eigenvalue weighted by atomic mass is 16.4. The minimum absolute atomic E-state index is 0.210. The van der Waals surface area contributed by atoms with Crippen LogP contribution in [0.4, 0.5) is 0 Å². The summed E-state index contributed by atoms with van der Waals surface area (Å²) in [6.45, 7) is -0.543. The Morgan fingerprint density at radius 3 is 2.68 bits per heavy atom. The molecule has 3 N–H and O–H groups in total. The molecule has 1 aromatic carbocycles. The maximum absolute atomic E-state index is 11.9. The summed E-state index contributed by atoms with van der Waals surface area (Å²) in [6.07, 6.45) is 6.93. The summed E-state index contributed by atoms with van der Waals surface area (Å²) in [7, 11) is 0. The Morgan fingerprint density at radius 2 is 1.96 bits per heavy atom. The van der Waals surface area contributed by atoms with Crippen LogP contribution in [0.5, 0.6) is 5.75 Å². The van der Waals surface area contributed by atoms with E-state index in [1.807, 2.05) is 42.6 Å². The Balaban J connectivity index is 1.90. The van der Waals surface area contributed by atoms with E-state index < -0.39 is 18.4 Å². The zero-order valence-corrected chi connectivity index (χ0v) is 13.1. The summed E-state index contributed by atoms with van der Waals surface area (Å²) in [5.41, 5.74) is 1.43. The summed E-state index contributed by atoms with van der Waals surface area (Å²) in [6, 6.07) is 11.4. The molecule has 0 aliphatic carbocycles. The third-order valence-corrected chi connectivity index (χ3v) is 3.59. The maximum Gasteiger partial charge on any atom is 0.322 e. The van der Waals surface area contributed by atoms with Crippen molar-refractivity contribution in [3.63, 3.8) is 0 Å². The van der Waals surface area contributed by atoms with E-state index in [1.54, 1.807) is 16.8 Å². The van der Waals surface area contributed by atoms with Crippen molar-refractivity contribution < 1.29 is 19.8 Å². The molecular weight excluding hydrogens is 322 g/mol. The molecule has 25 heavy (non-hydrogen) atoms. The number of aromatic hydroxyl groups is 1. The third-order valence-electron chi connectivity index (χ3n) is 3.59. The Bertz CT molecular complexity index is 961.